The highest BCUT2D eigenvalue weighted by Crippen LogP contribution is 2.38. The van der Waals surface area contributed by atoms with Crippen LogP contribution in [0.15, 0.2) is 35.6 Å². The number of nitrogens with zero attached hydrogens (tertiary/aromatic N) is 3. The van der Waals surface area contributed by atoms with Crippen molar-refractivity contribution in [3.8, 4) is 0 Å². The summed E-state index contributed by atoms with van der Waals surface area (Å²) in [5.41, 5.74) is 0.323. The lowest BCUT2D eigenvalue weighted by Crippen LogP contribution is -2.37. The molecule has 1 unspecified atom stereocenters. The Morgan fingerprint density at radius 1 is 1.31 bits per heavy atom. The number of Topliss-reactive ketones (excluding diaryl/α,β-unsaturated/α-hetero) is 1. The fourth-order valence-corrected chi connectivity index (χ4v) is 3.65. The topological polar surface area (TPSA) is 104 Å². The number of aliphatic hydroxyl groups is 1. The van der Waals surface area contributed by atoms with Gasteiger partial charge in [0.2, 0.25) is 0 Å². The lowest BCUT2D eigenvalue weighted by molar-refractivity contribution is -0.384. The first-order valence-electron chi connectivity index (χ1n) is 8.62. The van der Waals surface area contributed by atoms with E-state index in [4.69, 9.17) is 0 Å². The smallest absolute Gasteiger partial charge is 0.290 e. The van der Waals surface area contributed by atoms with E-state index in [-0.39, 0.29) is 11.3 Å². The van der Waals surface area contributed by atoms with Gasteiger partial charge in [-0.05, 0) is 38.4 Å². The van der Waals surface area contributed by atoms with E-state index in [9.17, 15) is 24.8 Å². The van der Waals surface area contributed by atoms with Crippen LogP contribution in [0.25, 0.3) is 0 Å². The molecule has 1 fully saturated rings. The van der Waals surface area contributed by atoms with Crippen LogP contribution in [0.4, 0.5) is 5.69 Å². The molecule has 0 bridgehead atoms. The van der Waals surface area contributed by atoms with Gasteiger partial charge in [-0.3, -0.25) is 19.7 Å². The number of nitro groups is 1. The molecule has 1 aromatic rings. The summed E-state index contributed by atoms with van der Waals surface area (Å²) in [7, 11) is 0. The minimum absolute atomic E-state index is 0.00285. The first-order chi connectivity index (χ1) is 12.4. The van der Waals surface area contributed by atoms with Gasteiger partial charge in [0, 0.05) is 25.2 Å². The van der Waals surface area contributed by atoms with Crippen LogP contribution in [-0.2, 0) is 9.59 Å². The number of amides is 1. The first kappa shape index (κ1) is 18.1. The number of hydrogen-bond donors (Lipinski definition) is 1. The van der Waals surface area contributed by atoms with Crippen molar-refractivity contribution in [1.82, 2.24) is 9.80 Å². The Bertz CT molecular complexity index is 783. The standard InChI is InChI=1S/C18H21N3O5/c1-12(22)15-16(13-5-4-6-14(11-13)21(25)26)20(18(24)17(15)23)10-9-19-7-2-3-8-19/h4-6,11,16,23H,2-3,7-10H2,1H3. The average Bonchev–Trinajstić information content (AvgIpc) is 3.21. The van der Waals surface area contributed by atoms with E-state index in [1.54, 1.807) is 6.07 Å². The molecule has 8 heteroatoms. The molecule has 2 heterocycles. The Labute approximate surface area is 150 Å². The molecule has 1 saturated heterocycles. The third-order valence-corrected chi connectivity index (χ3v) is 4.94. The molecule has 0 saturated carbocycles. The summed E-state index contributed by atoms with van der Waals surface area (Å²) in [4.78, 5) is 38.8. The summed E-state index contributed by atoms with van der Waals surface area (Å²) in [5.74, 6) is -1.59. The number of aliphatic hydroxyl groups excluding tert-OH is 1. The zero-order valence-electron chi connectivity index (χ0n) is 14.6. The Balaban J connectivity index is 1.94. The maximum Gasteiger partial charge on any atom is 0.290 e. The van der Waals surface area contributed by atoms with E-state index in [0.29, 0.717) is 18.7 Å². The minimum Gasteiger partial charge on any atom is -0.503 e. The van der Waals surface area contributed by atoms with Gasteiger partial charge >= 0.3 is 0 Å². The molecule has 26 heavy (non-hydrogen) atoms. The van der Waals surface area contributed by atoms with Crippen LogP contribution in [0.5, 0.6) is 0 Å². The highest BCUT2D eigenvalue weighted by atomic mass is 16.6. The second-order valence-electron chi connectivity index (χ2n) is 6.62. The second kappa shape index (κ2) is 7.25. The maximum atomic E-state index is 12.5. The lowest BCUT2D eigenvalue weighted by Gasteiger charge is -2.28. The van der Waals surface area contributed by atoms with Gasteiger partial charge in [-0.1, -0.05) is 12.1 Å². The van der Waals surface area contributed by atoms with Crippen LogP contribution >= 0.6 is 0 Å². The molecule has 0 radical (unpaired) electrons. The molecule has 0 aliphatic carbocycles. The number of rotatable bonds is 6. The minimum atomic E-state index is -0.803. The van der Waals surface area contributed by atoms with Crippen molar-refractivity contribution in [2.45, 2.75) is 25.8 Å². The fraction of sp³-hybridized carbons (Fsp3) is 0.444. The molecule has 1 atom stereocenters. The van der Waals surface area contributed by atoms with Gasteiger partial charge in [0.15, 0.2) is 11.5 Å². The maximum absolute atomic E-state index is 12.5. The summed E-state index contributed by atoms with van der Waals surface area (Å²) >= 11 is 0. The molecule has 8 nitrogen and oxygen atoms in total. The van der Waals surface area contributed by atoms with Crippen molar-refractivity contribution in [3.63, 3.8) is 0 Å². The zero-order chi connectivity index (χ0) is 18.8. The highest BCUT2D eigenvalue weighted by Gasteiger charge is 2.42. The Morgan fingerprint density at radius 3 is 2.62 bits per heavy atom. The summed E-state index contributed by atoms with van der Waals surface area (Å²) in [6.07, 6.45) is 2.23. The average molecular weight is 359 g/mol. The van der Waals surface area contributed by atoms with Gasteiger partial charge < -0.3 is 14.9 Å². The number of hydrogen-bond acceptors (Lipinski definition) is 6. The summed E-state index contributed by atoms with van der Waals surface area (Å²) in [6, 6.07) is 5.05. The quantitative estimate of drug-likeness (QED) is 0.615. The van der Waals surface area contributed by atoms with Gasteiger partial charge in [-0.15, -0.1) is 0 Å². The van der Waals surface area contributed by atoms with Gasteiger partial charge in [0.05, 0.1) is 16.5 Å². The van der Waals surface area contributed by atoms with Crippen molar-refractivity contribution in [3.05, 3.63) is 51.3 Å². The van der Waals surface area contributed by atoms with Gasteiger partial charge in [0.1, 0.15) is 0 Å². The van der Waals surface area contributed by atoms with Gasteiger partial charge in [-0.25, -0.2) is 0 Å². The molecule has 0 aromatic heterocycles. The van der Waals surface area contributed by atoms with E-state index in [1.807, 2.05) is 0 Å². The largest absolute Gasteiger partial charge is 0.503 e. The monoisotopic (exact) mass is 359 g/mol. The summed E-state index contributed by atoms with van der Waals surface area (Å²) in [5, 5.41) is 21.3. The Hall–Kier alpha value is -2.74. The van der Waals surface area contributed by atoms with Crippen LogP contribution in [0.3, 0.4) is 0 Å². The number of likely N-dealkylation sites (tertiary alicyclic amines) is 1. The van der Waals surface area contributed by atoms with Crippen LogP contribution in [-0.4, -0.2) is 57.7 Å². The molecule has 138 valence electrons. The van der Waals surface area contributed by atoms with Crippen LogP contribution in [0, 0.1) is 10.1 Å². The van der Waals surface area contributed by atoms with E-state index in [2.05, 4.69) is 4.90 Å². The molecular formula is C18H21N3O5. The third kappa shape index (κ3) is 3.32. The van der Waals surface area contributed by atoms with Crippen LogP contribution < -0.4 is 0 Å². The predicted octanol–water partition coefficient (Wildman–Crippen LogP) is 1.97. The Kier molecular flexibility index (Phi) is 5.03. The third-order valence-electron chi connectivity index (χ3n) is 4.94. The van der Waals surface area contributed by atoms with Crippen molar-refractivity contribution < 1.29 is 19.6 Å². The van der Waals surface area contributed by atoms with Crippen molar-refractivity contribution in [1.29, 1.82) is 0 Å². The van der Waals surface area contributed by atoms with E-state index in [1.165, 1.54) is 30.0 Å². The number of ketones is 1. The molecule has 1 N–H and O–H groups in total. The van der Waals surface area contributed by atoms with Gasteiger partial charge in [0.25, 0.3) is 11.6 Å². The highest BCUT2D eigenvalue weighted by molar-refractivity contribution is 6.08. The van der Waals surface area contributed by atoms with Crippen LogP contribution in [0.2, 0.25) is 0 Å². The Morgan fingerprint density at radius 2 is 2.00 bits per heavy atom. The molecule has 1 aromatic carbocycles. The second-order valence-corrected chi connectivity index (χ2v) is 6.62. The van der Waals surface area contributed by atoms with Gasteiger partial charge in [-0.2, -0.15) is 0 Å². The van der Waals surface area contributed by atoms with Crippen molar-refractivity contribution >= 4 is 17.4 Å². The van der Waals surface area contributed by atoms with Crippen molar-refractivity contribution in [2.24, 2.45) is 0 Å². The van der Waals surface area contributed by atoms with E-state index < -0.39 is 28.4 Å². The van der Waals surface area contributed by atoms with E-state index >= 15 is 0 Å². The number of non-ortho nitro benzene ring substituents is 1. The normalized spacial score (nSPS) is 20.9. The predicted molar refractivity (Wildman–Crippen MR) is 93.6 cm³/mol. The SMILES string of the molecule is CC(=O)C1=C(O)C(=O)N(CCN2CCCC2)C1c1cccc([N+](=O)[O-])c1. The summed E-state index contributed by atoms with van der Waals surface area (Å²) in [6.45, 7) is 4.18. The molecular weight excluding hydrogens is 338 g/mol. The number of benzene rings is 1. The number of carbonyl (C=O) groups is 2. The fourth-order valence-electron chi connectivity index (χ4n) is 3.65. The number of carbonyl (C=O) groups excluding carboxylic acids is 2. The molecule has 2 aliphatic heterocycles. The molecule has 1 amide bonds. The number of nitro benzene ring substituents is 1. The van der Waals surface area contributed by atoms with Crippen molar-refractivity contribution in [2.75, 3.05) is 26.2 Å². The van der Waals surface area contributed by atoms with E-state index in [0.717, 1.165) is 25.9 Å². The molecule has 0 spiro atoms. The molecule has 2 aliphatic rings. The van der Waals surface area contributed by atoms with Crippen LogP contribution in [0.1, 0.15) is 31.4 Å². The zero-order valence-corrected chi connectivity index (χ0v) is 14.6. The first-order valence-corrected chi connectivity index (χ1v) is 8.62. The lowest BCUT2D eigenvalue weighted by atomic mass is 9.96. The molecule has 3 rings (SSSR count). The summed E-state index contributed by atoms with van der Waals surface area (Å²) < 4.78 is 0.